The number of nitro benzene ring substituents is 1. The average molecular weight is 296 g/mol. The molecule has 1 aromatic carbocycles. The summed E-state index contributed by atoms with van der Waals surface area (Å²) in [6.07, 6.45) is 1.86. The van der Waals surface area contributed by atoms with E-state index in [-0.39, 0.29) is 30.0 Å². The van der Waals surface area contributed by atoms with E-state index in [1.807, 2.05) is 0 Å². The number of nitro groups is 1. The molecule has 0 bridgehead atoms. The molecule has 0 saturated heterocycles. The van der Waals surface area contributed by atoms with Crippen molar-refractivity contribution in [3.05, 3.63) is 33.9 Å². The second kappa shape index (κ2) is 7.83. The number of carboxylic acid groups (broad SMARTS) is 1. The Hall–Kier alpha value is -2.64. The molecule has 0 heterocycles. The van der Waals surface area contributed by atoms with E-state index in [1.165, 1.54) is 12.1 Å². The molecule has 1 amide bonds. The van der Waals surface area contributed by atoms with Crippen LogP contribution in [0.1, 0.15) is 36.0 Å². The molecule has 8 heteroatoms. The summed E-state index contributed by atoms with van der Waals surface area (Å²) in [6.45, 7) is 0.233. The Labute approximate surface area is 120 Å². The zero-order valence-electron chi connectivity index (χ0n) is 11.3. The predicted octanol–water partition coefficient (Wildman–Crippen LogP) is 1.72. The van der Waals surface area contributed by atoms with Gasteiger partial charge in [-0.05, 0) is 31.4 Å². The fourth-order valence-corrected chi connectivity index (χ4v) is 1.67. The van der Waals surface area contributed by atoms with Crippen LogP contribution in [0.3, 0.4) is 0 Å². The first kappa shape index (κ1) is 16.4. The molecule has 1 rings (SSSR count). The molecule has 0 aliphatic carbocycles. The van der Waals surface area contributed by atoms with Gasteiger partial charge in [0.05, 0.1) is 11.5 Å². The highest BCUT2D eigenvalue weighted by Gasteiger charge is 2.17. The quantitative estimate of drug-likeness (QED) is 0.405. The van der Waals surface area contributed by atoms with Gasteiger partial charge in [-0.25, -0.2) is 0 Å². The number of benzene rings is 1. The highest BCUT2D eigenvalue weighted by molar-refractivity contribution is 5.93. The molecule has 8 nitrogen and oxygen atoms in total. The standard InChI is InChI=1S/C13H16N2O6/c14-13(18)9-5-6-11(10(8-9)15(19)20)21-7-3-1-2-4-12(16)17/h5-6,8H,1-4,7H2,(H2,14,18)(H,16,17). The van der Waals surface area contributed by atoms with Gasteiger partial charge in [-0.3, -0.25) is 19.7 Å². The number of nitrogens with two attached hydrogens (primary N) is 1. The summed E-state index contributed by atoms with van der Waals surface area (Å²) in [5.41, 5.74) is 4.78. The number of ether oxygens (including phenoxy) is 1. The number of primary amides is 1. The fraction of sp³-hybridized carbons (Fsp3) is 0.385. The molecule has 0 fully saturated rings. The molecule has 0 aliphatic heterocycles. The van der Waals surface area contributed by atoms with Gasteiger partial charge in [0, 0.05) is 18.1 Å². The number of hydrogen-bond acceptors (Lipinski definition) is 5. The van der Waals surface area contributed by atoms with Crippen molar-refractivity contribution in [2.45, 2.75) is 25.7 Å². The summed E-state index contributed by atoms with van der Waals surface area (Å²) in [5.74, 6) is -1.55. The summed E-state index contributed by atoms with van der Waals surface area (Å²) >= 11 is 0. The highest BCUT2D eigenvalue weighted by atomic mass is 16.6. The molecule has 0 radical (unpaired) electrons. The first-order chi connectivity index (χ1) is 9.91. The summed E-state index contributed by atoms with van der Waals surface area (Å²) in [6, 6.07) is 3.76. The lowest BCUT2D eigenvalue weighted by molar-refractivity contribution is -0.385. The van der Waals surface area contributed by atoms with Crippen molar-refractivity contribution < 1.29 is 24.4 Å². The smallest absolute Gasteiger partial charge is 0.311 e. The van der Waals surface area contributed by atoms with Crippen LogP contribution in [-0.2, 0) is 4.79 Å². The first-order valence-electron chi connectivity index (χ1n) is 6.34. The van der Waals surface area contributed by atoms with E-state index in [2.05, 4.69) is 0 Å². The summed E-state index contributed by atoms with van der Waals surface area (Å²) in [5, 5.41) is 19.4. The normalized spacial score (nSPS) is 10.1. The Balaban J connectivity index is 2.56. The summed E-state index contributed by atoms with van der Waals surface area (Å²) in [7, 11) is 0. The van der Waals surface area contributed by atoms with Gasteiger partial charge in [-0.2, -0.15) is 0 Å². The van der Waals surface area contributed by atoms with Crippen LogP contribution in [0.2, 0.25) is 0 Å². The number of aliphatic carboxylic acids is 1. The molecule has 0 saturated carbocycles. The zero-order chi connectivity index (χ0) is 15.8. The van der Waals surface area contributed by atoms with Crippen LogP contribution >= 0.6 is 0 Å². The maximum absolute atomic E-state index is 11.0. The van der Waals surface area contributed by atoms with E-state index in [4.69, 9.17) is 15.6 Å². The van der Waals surface area contributed by atoms with Crippen LogP contribution in [0, 0.1) is 10.1 Å². The number of carbonyl (C=O) groups excluding carboxylic acids is 1. The molecule has 0 unspecified atom stereocenters. The predicted molar refractivity (Wildman–Crippen MR) is 73.2 cm³/mol. The van der Waals surface area contributed by atoms with E-state index in [0.717, 1.165) is 6.07 Å². The van der Waals surface area contributed by atoms with Crippen molar-refractivity contribution in [1.29, 1.82) is 0 Å². The topological polar surface area (TPSA) is 133 Å². The van der Waals surface area contributed by atoms with Crippen LogP contribution in [0.5, 0.6) is 5.75 Å². The molecule has 0 aliphatic rings. The van der Waals surface area contributed by atoms with E-state index in [0.29, 0.717) is 19.3 Å². The molecule has 3 N–H and O–H groups in total. The monoisotopic (exact) mass is 296 g/mol. The lowest BCUT2D eigenvalue weighted by Gasteiger charge is -2.07. The molecular formula is C13H16N2O6. The minimum Gasteiger partial charge on any atom is -0.487 e. The lowest BCUT2D eigenvalue weighted by Crippen LogP contribution is -2.11. The van der Waals surface area contributed by atoms with Crippen molar-refractivity contribution >= 4 is 17.6 Å². The van der Waals surface area contributed by atoms with E-state index < -0.39 is 16.8 Å². The Bertz CT molecular complexity index is 543. The highest BCUT2D eigenvalue weighted by Crippen LogP contribution is 2.28. The summed E-state index contributed by atoms with van der Waals surface area (Å²) < 4.78 is 5.30. The summed E-state index contributed by atoms with van der Waals surface area (Å²) in [4.78, 5) is 31.6. The third-order valence-electron chi connectivity index (χ3n) is 2.73. The SMILES string of the molecule is NC(=O)c1ccc(OCCCCCC(=O)O)c([N+](=O)[O-])c1. The van der Waals surface area contributed by atoms with Gasteiger partial charge in [0.25, 0.3) is 0 Å². The molecule has 0 aromatic heterocycles. The van der Waals surface area contributed by atoms with Gasteiger partial charge < -0.3 is 15.6 Å². The number of nitrogens with zero attached hydrogens (tertiary/aromatic N) is 1. The molecule has 0 spiro atoms. The lowest BCUT2D eigenvalue weighted by atomic mass is 10.2. The number of unbranched alkanes of at least 4 members (excludes halogenated alkanes) is 2. The largest absolute Gasteiger partial charge is 0.487 e. The first-order valence-corrected chi connectivity index (χ1v) is 6.34. The molecular weight excluding hydrogens is 280 g/mol. The Kier molecular flexibility index (Phi) is 6.12. The number of amides is 1. The molecule has 0 atom stereocenters. The average Bonchev–Trinajstić information content (AvgIpc) is 2.42. The Morgan fingerprint density at radius 3 is 2.57 bits per heavy atom. The second-order valence-corrected chi connectivity index (χ2v) is 4.36. The molecule has 1 aromatic rings. The number of rotatable bonds is 9. The maximum atomic E-state index is 11.0. The van der Waals surface area contributed by atoms with E-state index >= 15 is 0 Å². The van der Waals surface area contributed by atoms with E-state index in [9.17, 15) is 19.7 Å². The van der Waals surface area contributed by atoms with Crippen molar-refractivity contribution in [2.24, 2.45) is 5.73 Å². The van der Waals surface area contributed by atoms with Crippen molar-refractivity contribution in [3.63, 3.8) is 0 Å². The number of carbonyl (C=O) groups is 2. The van der Waals surface area contributed by atoms with Gasteiger partial charge >= 0.3 is 11.7 Å². The van der Waals surface area contributed by atoms with Gasteiger partial charge in [0.2, 0.25) is 5.91 Å². The second-order valence-electron chi connectivity index (χ2n) is 4.36. The van der Waals surface area contributed by atoms with Gasteiger partial charge in [-0.15, -0.1) is 0 Å². The van der Waals surface area contributed by atoms with Crippen LogP contribution in [0.4, 0.5) is 5.69 Å². The van der Waals surface area contributed by atoms with Crippen molar-refractivity contribution in [1.82, 2.24) is 0 Å². The third-order valence-corrected chi connectivity index (χ3v) is 2.73. The van der Waals surface area contributed by atoms with Crippen LogP contribution < -0.4 is 10.5 Å². The Morgan fingerprint density at radius 1 is 1.29 bits per heavy atom. The number of carboxylic acids is 1. The molecule has 114 valence electrons. The van der Waals surface area contributed by atoms with Crippen LogP contribution in [0.25, 0.3) is 0 Å². The van der Waals surface area contributed by atoms with Crippen LogP contribution in [-0.4, -0.2) is 28.5 Å². The van der Waals surface area contributed by atoms with Crippen molar-refractivity contribution in [3.8, 4) is 5.75 Å². The fourth-order valence-electron chi connectivity index (χ4n) is 1.67. The molecule has 21 heavy (non-hydrogen) atoms. The van der Waals surface area contributed by atoms with Crippen molar-refractivity contribution in [2.75, 3.05) is 6.61 Å². The Morgan fingerprint density at radius 2 is 2.00 bits per heavy atom. The van der Waals surface area contributed by atoms with Crippen LogP contribution in [0.15, 0.2) is 18.2 Å². The third kappa shape index (κ3) is 5.47. The van der Waals surface area contributed by atoms with Gasteiger partial charge in [0.1, 0.15) is 0 Å². The van der Waals surface area contributed by atoms with Gasteiger partial charge in [-0.1, -0.05) is 0 Å². The minimum absolute atomic E-state index is 0.0375. The maximum Gasteiger partial charge on any atom is 0.311 e. The van der Waals surface area contributed by atoms with Gasteiger partial charge in [0.15, 0.2) is 5.75 Å². The number of hydrogen-bond donors (Lipinski definition) is 2. The zero-order valence-corrected chi connectivity index (χ0v) is 11.3. The van der Waals surface area contributed by atoms with E-state index in [1.54, 1.807) is 0 Å². The minimum atomic E-state index is -0.853.